The maximum absolute atomic E-state index is 14.6. The van der Waals surface area contributed by atoms with Gasteiger partial charge in [0.1, 0.15) is 17.7 Å². The molecule has 3 amide bonds. The SMILES string of the molecule is C#Cc1ccc(C(C(=O)NCCCCC)N(C(=O)C(Cc2ccccc2)NC(=O)OC(C)(C)C)C(C)(C)CC)cc1. The molecule has 2 atom stereocenters. The molecule has 0 aliphatic carbocycles. The summed E-state index contributed by atoms with van der Waals surface area (Å²) >= 11 is 0. The van der Waals surface area contributed by atoms with Gasteiger partial charge in [-0.3, -0.25) is 9.59 Å². The molecule has 0 bridgehead atoms. The van der Waals surface area contributed by atoms with Crippen molar-refractivity contribution in [3.05, 3.63) is 71.3 Å². The van der Waals surface area contributed by atoms with Crippen LogP contribution in [-0.2, 0) is 20.7 Å². The summed E-state index contributed by atoms with van der Waals surface area (Å²) in [6.45, 7) is 13.8. The van der Waals surface area contributed by atoms with Crippen LogP contribution in [0.1, 0.15) is 96.9 Å². The van der Waals surface area contributed by atoms with Crippen LogP contribution in [0.15, 0.2) is 54.6 Å². The molecular formula is C34H47N3O4. The maximum Gasteiger partial charge on any atom is 0.408 e. The van der Waals surface area contributed by atoms with Crippen molar-refractivity contribution >= 4 is 17.9 Å². The fraction of sp³-hybridized carbons (Fsp3) is 0.500. The molecule has 7 heteroatoms. The molecule has 222 valence electrons. The number of unbranched alkanes of at least 4 members (excludes halogenated alkanes) is 2. The lowest BCUT2D eigenvalue weighted by molar-refractivity contribution is -0.149. The van der Waals surface area contributed by atoms with Gasteiger partial charge in [0.05, 0.1) is 0 Å². The number of amides is 3. The van der Waals surface area contributed by atoms with Crippen molar-refractivity contribution in [2.45, 2.75) is 104 Å². The minimum absolute atomic E-state index is 0.232. The lowest BCUT2D eigenvalue weighted by Gasteiger charge is -2.44. The Morgan fingerprint density at radius 1 is 0.951 bits per heavy atom. The average molecular weight is 562 g/mol. The van der Waals surface area contributed by atoms with Gasteiger partial charge < -0.3 is 20.3 Å². The van der Waals surface area contributed by atoms with E-state index in [0.717, 1.165) is 24.8 Å². The first-order valence-electron chi connectivity index (χ1n) is 14.5. The highest BCUT2D eigenvalue weighted by atomic mass is 16.6. The second kappa shape index (κ2) is 15.3. The van der Waals surface area contributed by atoms with E-state index < -0.39 is 29.3 Å². The second-order valence-electron chi connectivity index (χ2n) is 11.9. The third-order valence-electron chi connectivity index (χ3n) is 7.01. The summed E-state index contributed by atoms with van der Waals surface area (Å²) in [5.41, 5.74) is 0.708. The highest BCUT2D eigenvalue weighted by Gasteiger charge is 2.43. The molecule has 2 aromatic rings. The summed E-state index contributed by atoms with van der Waals surface area (Å²) in [6.07, 6.45) is 8.55. The Bertz CT molecular complexity index is 1180. The van der Waals surface area contributed by atoms with Gasteiger partial charge in [0.15, 0.2) is 0 Å². The van der Waals surface area contributed by atoms with E-state index in [9.17, 15) is 14.4 Å². The van der Waals surface area contributed by atoms with Crippen LogP contribution in [0.25, 0.3) is 0 Å². The van der Waals surface area contributed by atoms with Gasteiger partial charge in [-0.2, -0.15) is 0 Å². The van der Waals surface area contributed by atoms with Crippen LogP contribution in [0.4, 0.5) is 4.79 Å². The van der Waals surface area contributed by atoms with Crippen LogP contribution in [0.2, 0.25) is 0 Å². The van der Waals surface area contributed by atoms with E-state index in [1.165, 1.54) is 0 Å². The van der Waals surface area contributed by atoms with Crippen LogP contribution in [0.3, 0.4) is 0 Å². The van der Waals surface area contributed by atoms with Gasteiger partial charge in [-0.15, -0.1) is 6.42 Å². The smallest absolute Gasteiger partial charge is 0.408 e. The Morgan fingerprint density at radius 3 is 2.12 bits per heavy atom. The number of nitrogens with zero attached hydrogens (tertiary/aromatic N) is 1. The second-order valence-corrected chi connectivity index (χ2v) is 11.9. The molecule has 0 radical (unpaired) electrons. The maximum atomic E-state index is 14.6. The Hall–Kier alpha value is -3.79. The fourth-order valence-corrected chi connectivity index (χ4v) is 4.48. The van der Waals surface area contributed by atoms with Crippen LogP contribution in [0.5, 0.6) is 0 Å². The van der Waals surface area contributed by atoms with E-state index in [1.54, 1.807) is 49.9 Å². The lowest BCUT2D eigenvalue weighted by Crippen LogP contribution is -2.59. The predicted octanol–water partition coefficient (Wildman–Crippen LogP) is 6.17. The first-order valence-corrected chi connectivity index (χ1v) is 14.5. The number of nitrogens with one attached hydrogen (secondary N) is 2. The number of alkyl carbamates (subject to hydrolysis) is 1. The summed E-state index contributed by atoms with van der Waals surface area (Å²) in [7, 11) is 0. The minimum Gasteiger partial charge on any atom is -0.444 e. The van der Waals surface area contributed by atoms with Gasteiger partial charge in [0, 0.05) is 24.1 Å². The van der Waals surface area contributed by atoms with Gasteiger partial charge in [0.2, 0.25) is 11.8 Å². The van der Waals surface area contributed by atoms with E-state index in [1.807, 2.05) is 51.1 Å². The molecule has 7 nitrogen and oxygen atoms in total. The topological polar surface area (TPSA) is 87.7 Å². The number of carbonyl (C=O) groups excluding carboxylic acids is 3. The van der Waals surface area contributed by atoms with Crippen molar-refractivity contribution in [1.82, 2.24) is 15.5 Å². The molecule has 0 heterocycles. The highest BCUT2D eigenvalue weighted by molar-refractivity contribution is 5.93. The summed E-state index contributed by atoms with van der Waals surface area (Å²) < 4.78 is 5.52. The number of benzene rings is 2. The summed E-state index contributed by atoms with van der Waals surface area (Å²) in [5, 5.41) is 5.86. The molecule has 0 saturated carbocycles. The largest absolute Gasteiger partial charge is 0.444 e. The Balaban J connectivity index is 2.61. The molecule has 0 fully saturated rings. The summed E-state index contributed by atoms with van der Waals surface area (Å²) in [4.78, 5) is 43.1. The molecular weight excluding hydrogens is 514 g/mol. The van der Waals surface area contributed by atoms with Gasteiger partial charge in [-0.1, -0.05) is 75.1 Å². The van der Waals surface area contributed by atoms with Gasteiger partial charge in [-0.25, -0.2) is 4.79 Å². The zero-order valence-electron chi connectivity index (χ0n) is 25.8. The number of terminal acetylenes is 1. The zero-order valence-corrected chi connectivity index (χ0v) is 25.8. The van der Waals surface area contributed by atoms with E-state index >= 15 is 0 Å². The average Bonchev–Trinajstić information content (AvgIpc) is 2.92. The molecule has 0 saturated heterocycles. The van der Waals surface area contributed by atoms with E-state index in [-0.39, 0.29) is 18.2 Å². The van der Waals surface area contributed by atoms with Crippen LogP contribution in [-0.4, -0.2) is 46.5 Å². The van der Waals surface area contributed by atoms with Gasteiger partial charge in [0.25, 0.3) is 0 Å². The number of rotatable bonds is 13. The van der Waals surface area contributed by atoms with Crippen molar-refractivity contribution in [2.24, 2.45) is 0 Å². The summed E-state index contributed by atoms with van der Waals surface area (Å²) in [5.74, 6) is 1.96. The monoisotopic (exact) mass is 561 g/mol. The lowest BCUT2D eigenvalue weighted by atomic mass is 9.91. The van der Waals surface area contributed by atoms with Crippen molar-refractivity contribution in [3.63, 3.8) is 0 Å². The first kappa shape index (κ1) is 33.4. The van der Waals surface area contributed by atoms with Crippen LogP contribution in [0, 0.1) is 12.3 Å². The van der Waals surface area contributed by atoms with Crippen LogP contribution >= 0.6 is 0 Å². The molecule has 41 heavy (non-hydrogen) atoms. The fourth-order valence-electron chi connectivity index (χ4n) is 4.48. The zero-order chi connectivity index (χ0) is 30.6. The molecule has 0 spiro atoms. The molecule has 2 rings (SSSR count). The van der Waals surface area contributed by atoms with Crippen molar-refractivity contribution in [2.75, 3.05) is 6.54 Å². The molecule has 2 N–H and O–H groups in total. The predicted molar refractivity (Wildman–Crippen MR) is 164 cm³/mol. The first-order chi connectivity index (χ1) is 19.3. The van der Waals surface area contributed by atoms with Gasteiger partial charge in [-0.05, 0) is 70.7 Å². The quantitative estimate of drug-likeness (QED) is 0.226. The number of carbonyl (C=O) groups is 3. The van der Waals surface area contributed by atoms with E-state index in [0.29, 0.717) is 24.1 Å². The van der Waals surface area contributed by atoms with E-state index in [2.05, 4.69) is 23.5 Å². The molecule has 2 unspecified atom stereocenters. The Labute approximate surface area is 246 Å². The Kier molecular flexibility index (Phi) is 12.5. The Morgan fingerprint density at radius 2 is 1.59 bits per heavy atom. The summed E-state index contributed by atoms with van der Waals surface area (Å²) in [6, 6.07) is 14.7. The standard InChI is InChI=1S/C34H47N3O4/c1-9-12-16-23-35-30(38)29(27-21-19-25(10-2)20-22-27)37(34(7,8)11-3)31(39)28(24-26-17-14-13-15-18-26)36-32(40)41-33(4,5)6/h2,13-15,17-22,28-29H,9,11-12,16,23-24H2,1,3-8H3,(H,35,38)(H,36,40). The number of hydrogen-bond donors (Lipinski definition) is 2. The third-order valence-corrected chi connectivity index (χ3v) is 7.01. The molecule has 0 aliphatic rings. The highest BCUT2D eigenvalue weighted by Crippen LogP contribution is 2.33. The molecule has 0 aliphatic heterocycles. The van der Waals surface area contributed by atoms with Crippen molar-refractivity contribution < 1.29 is 19.1 Å². The normalized spacial score (nSPS) is 12.9. The molecule has 2 aromatic carbocycles. The van der Waals surface area contributed by atoms with Crippen molar-refractivity contribution in [3.8, 4) is 12.3 Å². The number of ether oxygens (including phenoxy) is 1. The van der Waals surface area contributed by atoms with E-state index in [4.69, 9.17) is 11.2 Å². The third kappa shape index (κ3) is 10.3. The molecule has 0 aromatic heterocycles. The number of hydrogen-bond acceptors (Lipinski definition) is 4. The van der Waals surface area contributed by atoms with Gasteiger partial charge >= 0.3 is 6.09 Å². The van der Waals surface area contributed by atoms with Crippen molar-refractivity contribution in [1.29, 1.82) is 0 Å². The van der Waals surface area contributed by atoms with Crippen LogP contribution < -0.4 is 10.6 Å². The minimum atomic E-state index is -0.974.